The van der Waals surface area contributed by atoms with Crippen molar-refractivity contribution in [2.75, 3.05) is 6.54 Å². The maximum Gasteiger partial charge on any atom is 0.249 e. The van der Waals surface area contributed by atoms with E-state index in [-0.39, 0.29) is 17.4 Å². The Morgan fingerprint density at radius 3 is 2.44 bits per heavy atom. The number of allylic oxidation sites excluding steroid dienone is 2. The third-order valence-corrected chi connectivity index (χ3v) is 11.8. The van der Waals surface area contributed by atoms with Gasteiger partial charge in [-0.15, -0.1) is 0 Å². The second kappa shape index (κ2) is 11.3. The number of hydrogen-bond donors (Lipinski definition) is 1. The summed E-state index contributed by atoms with van der Waals surface area (Å²) in [4.78, 5) is 0. The Kier molecular flexibility index (Phi) is 7.84. The monoisotopic (exact) mass is 617 g/mol. The third-order valence-electron chi connectivity index (χ3n) is 9.74. The van der Waals surface area contributed by atoms with Gasteiger partial charge in [-0.05, 0) is 72.1 Å². The molecular weight excluding hydrogens is 567 g/mol. The van der Waals surface area contributed by atoms with Gasteiger partial charge in [0.25, 0.3) is 0 Å². The molecule has 0 fully saturated rings. The molecule has 1 aromatic carbocycles. The third kappa shape index (κ3) is 5.76. The summed E-state index contributed by atoms with van der Waals surface area (Å²) < 4.78 is 11.1. The van der Waals surface area contributed by atoms with E-state index in [1.54, 1.807) is 5.19 Å². The van der Waals surface area contributed by atoms with Gasteiger partial charge >= 0.3 is 0 Å². The van der Waals surface area contributed by atoms with Gasteiger partial charge in [-0.2, -0.15) is 9.13 Å². The van der Waals surface area contributed by atoms with E-state index >= 15 is 0 Å². The molecule has 2 aromatic heterocycles. The number of ether oxygens (including phenoxy) is 1. The Bertz CT molecular complexity index is 1760. The maximum atomic E-state index is 6.15. The molecule has 2 unspecified atom stereocenters. The molecule has 234 valence electrons. The summed E-state index contributed by atoms with van der Waals surface area (Å²) in [5.74, 6) is 1.84. The summed E-state index contributed by atoms with van der Waals surface area (Å²) in [6.07, 6.45) is 7.74. The van der Waals surface area contributed by atoms with Crippen LogP contribution in [0.25, 0.3) is 22.5 Å². The van der Waals surface area contributed by atoms with Crippen LogP contribution in [0.3, 0.4) is 0 Å². The molecule has 0 amide bonds. The summed E-state index contributed by atoms with van der Waals surface area (Å²) >= 11 is 0. The molecule has 4 nitrogen and oxygen atoms in total. The highest BCUT2D eigenvalue weighted by atomic mass is 28.3. The fourth-order valence-electron chi connectivity index (χ4n) is 7.63. The summed E-state index contributed by atoms with van der Waals surface area (Å²) in [7, 11) is -1.69. The summed E-state index contributed by atoms with van der Waals surface area (Å²) in [6, 6.07) is 16.3. The second-order valence-electron chi connectivity index (χ2n) is 15.8. The van der Waals surface area contributed by atoms with Crippen LogP contribution in [0.1, 0.15) is 87.7 Å². The van der Waals surface area contributed by atoms with Crippen molar-refractivity contribution in [3.05, 3.63) is 114 Å². The molecule has 3 aromatic rings. The van der Waals surface area contributed by atoms with Crippen LogP contribution < -0.4 is 19.6 Å². The van der Waals surface area contributed by atoms with Crippen LogP contribution in [0.15, 0.2) is 91.8 Å². The van der Waals surface area contributed by atoms with Crippen LogP contribution in [0.4, 0.5) is 0 Å². The minimum absolute atomic E-state index is 0.0583. The van der Waals surface area contributed by atoms with Crippen molar-refractivity contribution in [2.45, 2.75) is 91.4 Å². The molecule has 0 aliphatic carbocycles. The van der Waals surface area contributed by atoms with E-state index in [0.29, 0.717) is 24.1 Å². The molecule has 1 N–H and O–H groups in total. The molecule has 3 aliphatic heterocycles. The smallest absolute Gasteiger partial charge is 0.249 e. The van der Waals surface area contributed by atoms with Gasteiger partial charge in [0.2, 0.25) is 23.1 Å². The highest BCUT2D eigenvalue weighted by Gasteiger charge is 2.48. The lowest BCUT2D eigenvalue weighted by Crippen LogP contribution is -2.57. The van der Waals surface area contributed by atoms with Crippen LogP contribution in [0.2, 0.25) is 19.6 Å². The van der Waals surface area contributed by atoms with E-state index in [4.69, 9.17) is 11.3 Å². The molecule has 0 radical (unpaired) electrons. The average Bonchev–Trinajstić information content (AvgIpc) is 3.06. The van der Waals surface area contributed by atoms with Gasteiger partial charge in [0.1, 0.15) is 5.76 Å². The Hall–Kier alpha value is -3.70. The summed E-state index contributed by atoms with van der Waals surface area (Å²) in [6.45, 7) is 33.2. The van der Waals surface area contributed by atoms with Crippen LogP contribution in [-0.4, -0.2) is 14.6 Å². The van der Waals surface area contributed by atoms with Gasteiger partial charge in [0.15, 0.2) is 18.3 Å². The van der Waals surface area contributed by atoms with Crippen molar-refractivity contribution in [1.82, 2.24) is 5.32 Å². The Morgan fingerprint density at radius 2 is 1.76 bits per heavy atom. The molecule has 5 heterocycles. The number of aromatic nitrogens is 2. The van der Waals surface area contributed by atoms with E-state index in [9.17, 15) is 0 Å². The van der Waals surface area contributed by atoms with Crippen molar-refractivity contribution >= 4 is 24.5 Å². The molecular formula is C40H51N3OSi+2. The minimum atomic E-state index is -1.69. The first-order chi connectivity index (χ1) is 21.1. The standard InChI is InChI=1S/C40H51N3OSi/c1-25(2)29-18-19-42-26(3)39-34(17-16-30-23-41-28(5)44-27(4)38(30)36(42)20-29)32-14-12-13-15-33(32)35-21-31(22-40(6,7)8)37(24-43(35)39)45(9,10)11/h12-15,18-21,24-25,34,39,41H,3-5,16-17,22-23H2,1-2,6-11H3/q+2. The predicted octanol–water partition coefficient (Wildman–Crippen LogP) is 8.15. The van der Waals surface area contributed by atoms with Crippen LogP contribution in [0, 0.1) is 5.41 Å². The van der Waals surface area contributed by atoms with E-state index < -0.39 is 8.07 Å². The van der Waals surface area contributed by atoms with Crippen molar-refractivity contribution in [1.29, 1.82) is 0 Å². The first-order valence-electron chi connectivity index (χ1n) is 16.6. The fraction of sp³-hybridized carbons (Fsp3) is 0.400. The van der Waals surface area contributed by atoms with E-state index in [1.165, 1.54) is 33.5 Å². The molecule has 0 bridgehead atoms. The average molecular weight is 618 g/mol. The Balaban J connectivity index is 1.65. The predicted molar refractivity (Wildman–Crippen MR) is 190 cm³/mol. The normalized spacial score (nSPS) is 20.0. The van der Waals surface area contributed by atoms with E-state index in [1.807, 2.05) is 0 Å². The number of fused-ring (bicyclic) bond motifs is 8. The molecule has 0 spiro atoms. The van der Waals surface area contributed by atoms with Gasteiger partial charge in [-0.3, -0.25) is 0 Å². The maximum absolute atomic E-state index is 6.15. The van der Waals surface area contributed by atoms with Gasteiger partial charge in [-0.25, -0.2) is 0 Å². The SMILES string of the molecule is C=C1NCC2=C(C(=C)O1)c1cc(C(C)C)cc[n+]1C(=C)C1C(CC2)c2ccccc2-c2cc(CC(C)(C)C)c([Si](C)(C)C)c[n+]21. The topological polar surface area (TPSA) is 29.0 Å². The van der Waals surface area contributed by atoms with E-state index in [2.05, 4.69) is 137 Å². The zero-order chi connectivity index (χ0) is 32.4. The number of pyridine rings is 2. The lowest BCUT2D eigenvalue weighted by atomic mass is 9.78. The summed E-state index contributed by atoms with van der Waals surface area (Å²) in [5, 5.41) is 4.96. The molecule has 2 atom stereocenters. The molecule has 6 rings (SSSR count). The number of hydrogen-bond acceptors (Lipinski definition) is 2. The lowest BCUT2D eigenvalue weighted by Gasteiger charge is -2.32. The van der Waals surface area contributed by atoms with Gasteiger partial charge in [0, 0.05) is 35.5 Å². The van der Waals surface area contributed by atoms with Gasteiger partial charge in [0.05, 0.1) is 19.6 Å². The highest BCUT2D eigenvalue weighted by molar-refractivity contribution is 6.89. The van der Waals surface area contributed by atoms with Gasteiger partial charge in [-0.1, -0.05) is 79.0 Å². The van der Waals surface area contributed by atoms with Crippen LogP contribution >= 0.6 is 0 Å². The quantitative estimate of drug-likeness (QED) is 0.237. The lowest BCUT2D eigenvalue weighted by molar-refractivity contribution is -0.728. The van der Waals surface area contributed by atoms with Crippen molar-refractivity contribution in [3.63, 3.8) is 0 Å². The van der Waals surface area contributed by atoms with Gasteiger partial charge < -0.3 is 10.1 Å². The molecule has 5 heteroatoms. The zero-order valence-corrected chi connectivity index (χ0v) is 29.7. The first-order valence-corrected chi connectivity index (χ1v) is 20.1. The van der Waals surface area contributed by atoms with Crippen LogP contribution in [-0.2, 0) is 11.2 Å². The minimum Gasteiger partial charge on any atom is -0.442 e. The zero-order valence-electron chi connectivity index (χ0n) is 28.7. The fourth-order valence-corrected chi connectivity index (χ4v) is 9.28. The van der Waals surface area contributed by atoms with Crippen molar-refractivity contribution < 1.29 is 13.9 Å². The number of nitrogens with zero attached hydrogens (tertiary/aromatic N) is 2. The molecule has 3 aliphatic rings. The Morgan fingerprint density at radius 1 is 1.02 bits per heavy atom. The van der Waals surface area contributed by atoms with Crippen LogP contribution in [0.5, 0.6) is 0 Å². The number of benzene rings is 1. The first kappa shape index (κ1) is 31.3. The second-order valence-corrected chi connectivity index (χ2v) is 20.9. The van der Waals surface area contributed by atoms with Crippen molar-refractivity contribution in [3.8, 4) is 11.3 Å². The summed E-state index contributed by atoms with van der Waals surface area (Å²) in [5.41, 5.74) is 11.6. The largest absolute Gasteiger partial charge is 0.442 e. The van der Waals surface area contributed by atoms with Crippen molar-refractivity contribution in [2.24, 2.45) is 5.41 Å². The molecule has 0 saturated carbocycles. The number of nitrogens with one attached hydrogen (secondary N) is 1. The van der Waals surface area contributed by atoms with E-state index in [0.717, 1.165) is 36.2 Å². The highest BCUT2D eigenvalue weighted by Crippen LogP contribution is 2.46. The molecule has 0 saturated heterocycles. The molecule has 45 heavy (non-hydrogen) atoms. The Labute approximate surface area is 271 Å². The number of rotatable bonds is 3.